The van der Waals surface area contributed by atoms with Gasteiger partial charge in [0.05, 0.1) is 11.1 Å². The highest BCUT2D eigenvalue weighted by Gasteiger charge is 2.37. The molecule has 0 saturated heterocycles. The average molecular weight is 296 g/mol. The fraction of sp³-hybridized carbons (Fsp3) is 0.333. The Balaban J connectivity index is 1.92. The third kappa shape index (κ3) is 2.45. The zero-order chi connectivity index (χ0) is 15.9. The Morgan fingerprint density at radius 3 is 2.82 bits per heavy atom. The van der Waals surface area contributed by atoms with E-state index in [-0.39, 0.29) is 11.7 Å². The van der Waals surface area contributed by atoms with Crippen LogP contribution >= 0.6 is 0 Å². The van der Waals surface area contributed by atoms with Gasteiger partial charge in [-0.25, -0.2) is 0 Å². The van der Waals surface area contributed by atoms with Gasteiger partial charge >= 0.3 is 0 Å². The van der Waals surface area contributed by atoms with Crippen LogP contribution < -0.4 is 5.32 Å². The number of fused-ring (bicyclic) bond motifs is 1. The van der Waals surface area contributed by atoms with E-state index >= 15 is 0 Å². The molecule has 4 heteroatoms. The summed E-state index contributed by atoms with van der Waals surface area (Å²) in [7, 11) is 0. The van der Waals surface area contributed by atoms with Crippen LogP contribution in [0.1, 0.15) is 52.2 Å². The van der Waals surface area contributed by atoms with Crippen LogP contribution in [-0.4, -0.2) is 16.7 Å². The van der Waals surface area contributed by atoms with Gasteiger partial charge in [-0.1, -0.05) is 26.0 Å². The lowest BCUT2D eigenvalue weighted by atomic mass is 9.74. The molecule has 0 saturated carbocycles. The van der Waals surface area contributed by atoms with E-state index in [1.165, 1.54) is 0 Å². The molecule has 1 aromatic carbocycles. The minimum Gasteiger partial charge on any atom is -0.364 e. The Morgan fingerprint density at radius 2 is 2.09 bits per heavy atom. The number of ketones is 1. The van der Waals surface area contributed by atoms with Gasteiger partial charge in [0.15, 0.2) is 5.78 Å². The zero-order valence-electron chi connectivity index (χ0n) is 13.1. The Morgan fingerprint density at radius 1 is 1.32 bits per heavy atom. The number of hydrogen-bond acceptors (Lipinski definition) is 2. The molecule has 1 aromatic heterocycles. The van der Waals surface area contributed by atoms with Gasteiger partial charge in [0.1, 0.15) is 0 Å². The maximum atomic E-state index is 12.6. The van der Waals surface area contributed by atoms with Crippen molar-refractivity contribution in [2.24, 2.45) is 5.41 Å². The van der Waals surface area contributed by atoms with Gasteiger partial charge in [-0.3, -0.25) is 9.59 Å². The van der Waals surface area contributed by atoms with E-state index in [0.29, 0.717) is 11.1 Å². The lowest BCUT2D eigenvalue weighted by Gasteiger charge is -2.28. The lowest BCUT2D eigenvalue weighted by Crippen LogP contribution is -2.31. The molecular formula is C18H20N2O2. The Bertz CT molecular complexity index is 756. The molecule has 0 unspecified atom stereocenters. The monoisotopic (exact) mass is 296 g/mol. The summed E-state index contributed by atoms with van der Waals surface area (Å²) in [5.74, 6) is -0.196. The van der Waals surface area contributed by atoms with Gasteiger partial charge in [0.25, 0.3) is 5.91 Å². The van der Waals surface area contributed by atoms with Crippen LogP contribution in [0.2, 0.25) is 0 Å². The first-order valence-electron chi connectivity index (χ1n) is 7.51. The third-order valence-corrected chi connectivity index (χ3v) is 4.32. The summed E-state index contributed by atoms with van der Waals surface area (Å²) in [5.41, 5.74) is 3.27. The number of Topliss-reactive ketones (excluding diaryl/α,β-unsaturated/α-hetero) is 1. The largest absolute Gasteiger partial charge is 0.364 e. The number of aromatic nitrogens is 1. The molecular weight excluding hydrogens is 276 g/mol. The van der Waals surface area contributed by atoms with E-state index in [4.69, 9.17) is 0 Å². The first kappa shape index (κ1) is 14.6. The number of H-pyrrole nitrogens is 1. The van der Waals surface area contributed by atoms with Crippen LogP contribution in [0.3, 0.4) is 0 Å². The van der Waals surface area contributed by atoms with Crippen molar-refractivity contribution in [3.8, 4) is 0 Å². The molecule has 0 spiro atoms. The Kier molecular flexibility index (Phi) is 3.39. The summed E-state index contributed by atoms with van der Waals surface area (Å²) in [4.78, 5) is 28.3. The average Bonchev–Trinajstić information content (AvgIpc) is 2.88. The minimum atomic E-state index is -0.409. The normalized spacial score (nSPS) is 16.2. The second kappa shape index (κ2) is 5.13. The highest BCUT2D eigenvalue weighted by atomic mass is 16.2. The number of rotatable bonds is 2. The first-order chi connectivity index (χ1) is 10.4. The van der Waals surface area contributed by atoms with Crippen molar-refractivity contribution in [2.45, 2.75) is 33.6 Å². The molecule has 22 heavy (non-hydrogen) atoms. The third-order valence-electron chi connectivity index (χ3n) is 4.32. The van der Waals surface area contributed by atoms with E-state index in [9.17, 15) is 9.59 Å². The van der Waals surface area contributed by atoms with Crippen molar-refractivity contribution >= 4 is 17.4 Å². The van der Waals surface area contributed by atoms with E-state index in [1.54, 1.807) is 6.20 Å². The van der Waals surface area contributed by atoms with Crippen molar-refractivity contribution in [1.29, 1.82) is 0 Å². The molecule has 2 aromatic rings. The molecule has 0 atom stereocenters. The second-order valence-electron chi connectivity index (χ2n) is 6.59. The van der Waals surface area contributed by atoms with Gasteiger partial charge in [-0.15, -0.1) is 0 Å². The Labute approximate surface area is 129 Å². The number of anilines is 1. The summed E-state index contributed by atoms with van der Waals surface area (Å²) < 4.78 is 0. The molecule has 0 radical (unpaired) electrons. The van der Waals surface area contributed by atoms with Crippen LogP contribution in [0.25, 0.3) is 0 Å². The van der Waals surface area contributed by atoms with E-state index in [0.717, 1.165) is 29.8 Å². The number of hydrogen-bond donors (Lipinski definition) is 2. The summed E-state index contributed by atoms with van der Waals surface area (Å²) in [6.45, 7) is 5.85. The standard InChI is InChI=1S/C18H20N2O2/c1-11-5-4-6-12(9-11)20-17(22)13-10-19-14-7-8-18(2,3)16(21)15(13)14/h4-6,9-10,19H,7-8H2,1-3H3,(H,20,22). The minimum absolute atomic E-state index is 0.0457. The zero-order valence-corrected chi connectivity index (χ0v) is 13.1. The fourth-order valence-electron chi connectivity index (χ4n) is 2.91. The van der Waals surface area contributed by atoms with Crippen molar-refractivity contribution < 1.29 is 9.59 Å². The molecule has 1 amide bonds. The van der Waals surface area contributed by atoms with Crippen LogP contribution in [0.5, 0.6) is 0 Å². The van der Waals surface area contributed by atoms with E-state index in [1.807, 2.05) is 45.0 Å². The molecule has 0 bridgehead atoms. The predicted octanol–water partition coefficient (Wildman–Crippen LogP) is 3.73. The molecule has 4 nitrogen and oxygen atoms in total. The topological polar surface area (TPSA) is 62.0 Å². The highest BCUT2D eigenvalue weighted by Crippen LogP contribution is 2.36. The van der Waals surface area contributed by atoms with Gasteiger partial charge in [0, 0.05) is 23.0 Å². The molecule has 1 heterocycles. The fourth-order valence-corrected chi connectivity index (χ4v) is 2.91. The lowest BCUT2D eigenvalue weighted by molar-refractivity contribution is 0.0805. The van der Waals surface area contributed by atoms with Crippen molar-refractivity contribution in [1.82, 2.24) is 4.98 Å². The van der Waals surface area contributed by atoms with Gasteiger partial charge in [0.2, 0.25) is 0 Å². The molecule has 114 valence electrons. The van der Waals surface area contributed by atoms with E-state index in [2.05, 4.69) is 10.3 Å². The molecule has 0 aliphatic heterocycles. The van der Waals surface area contributed by atoms with Crippen LogP contribution in [0, 0.1) is 12.3 Å². The highest BCUT2D eigenvalue weighted by molar-refractivity contribution is 6.15. The molecule has 0 fully saturated rings. The van der Waals surface area contributed by atoms with Gasteiger partial charge < -0.3 is 10.3 Å². The number of carbonyl (C=O) groups excluding carboxylic acids is 2. The predicted molar refractivity (Wildman–Crippen MR) is 86.4 cm³/mol. The van der Waals surface area contributed by atoms with Crippen LogP contribution in [-0.2, 0) is 6.42 Å². The Hall–Kier alpha value is -2.36. The number of benzene rings is 1. The molecule has 2 N–H and O–H groups in total. The molecule has 3 rings (SSSR count). The van der Waals surface area contributed by atoms with Crippen LogP contribution in [0.15, 0.2) is 30.5 Å². The maximum absolute atomic E-state index is 12.6. The maximum Gasteiger partial charge on any atom is 0.257 e. The summed E-state index contributed by atoms with van der Waals surface area (Å²) in [6, 6.07) is 7.62. The summed E-state index contributed by atoms with van der Waals surface area (Å²) in [5, 5.41) is 2.87. The quantitative estimate of drug-likeness (QED) is 0.887. The second-order valence-corrected chi connectivity index (χ2v) is 6.59. The number of carbonyl (C=O) groups is 2. The number of amides is 1. The van der Waals surface area contributed by atoms with Crippen LogP contribution in [0.4, 0.5) is 5.69 Å². The molecule has 1 aliphatic carbocycles. The van der Waals surface area contributed by atoms with Crippen molar-refractivity contribution in [2.75, 3.05) is 5.32 Å². The van der Waals surface area contributed by atoms with Gasteiger partial charge in [-0.05, 0) is 37.5 Å². The summed E-state index contributed by atoms with van der Waals surface area (Å²) >= 11 is 0. The smallest absolute Gasteiger partial charge is 0.257 e. The summed E-state index contributed by atoms with van der Waals surface area (Å²) in [6.07, 6.45) is 3.25. The number of aromatic amines is 1. The van der Waals surface area contributed by atoms with Crippen molar-refractivity contribution in [3.63, 3.8) is 0 Å². The first-order valence-corrected chi connectivity index (χ1v) is 7.51. The number of nitrogens with one attached hydrogen (secondary N) is 2. The van der Waals surface area contributed by atoms with E-state index < -0.39 is 5.41 Å². The number of aryl methyl sites for hydroxylation is 2. The SMILES string of the molecule is Cc1cccc(NC(=O)c2c[nH]c3c2C(=O)C(C)(C)CC3)c1. The van der Waals surface area contributed by atoms with Gasteiger partial charge in [-0.2, -0.15) is 0 Å². The van der Waals surface area contributed by atoms with Crippen molar-refractivity contribution in [3.05, 3.63) is 52.8 Å². The molecule has 1 aliphatic rings.